The number of benzene rings is 2. The van der Waals surface area contributed by atoms with E-state index in [9.17, 15) is 4.39 Å². The smallest absolute Gasteiger partial charge is 0.319 e. The lowest BCUT2D eigenvalue weighted by atomic mass is 9.95. The second-order valence-electron chi connectivity index (χ2n) is 12.0. The zero-order valence-electron chi connectivity index (χ0n) is 22.7. The lowest BCUT2D eigenvalue weighted by Gasteiger charge is -2.34. The highest BCUT2D eigenvalue weighted by atomic mass is 35.5. The van der Waals surface area contributed by atoms with Crippen LogP contribution >= 0.6 is 11.6 Å². The molecule has 4 aliphatic rings. The van der Waals surface area contributed by atoms with E-state index < -0.39 is 11.6 Å². The first-order valence-corrected chi connectivity index (χ1v) is 15.0. The van der Waals surface area contributed by atoms with Gasteiger partial charge in [0.2, 0.25) is 0 Å². The Morgan fingerprint density at radius 3 is 2.59 bits per heavy atom. The SMILES string of the molecule is Fc1ccc2cccc(-c3ncc4c(N5C[C@H]6CC[C@@H](C5)N6)nc(OCC56CCCN5CCC6)nc4c3F)c2c1Cl. The largest absolute Gasteiger partial charge is 0.461 e. The van der Waals surface area contributed by atoms with E-state index in [4.69, 9.17) is 21.3 Å². The van der Waals surface area contributed by atoms with Gasteiger partial charge >= 0.3 is 6.01 Å². The van der Waals surface area contributed by atoms with Gasteiger partial charge in [-0.2, -0.15) is 9.97 Å². The highest BCUT2D eigenvalue weighted by molar-refractivity contribution is 6.36. The molecule has 4 aliphatic heterocycles. The van der Waals surface area contributed by atoms with Crippen LogP contribution in [0.3, 0.4) is 0 Å². The summed E-state index contributed by atoms with van der Waals surface area (Å²) in [6, 6.07) is 9.21. The van der Waals surface area contributed by atoms with Crippen molar-refractivity contribution in [3.05, 3.63) is 53.2 Å². The Kier molecular flexibility index (Phi) is 6.05. The highest BCUT2D eigenvalue weighted by Crippen LogP contribution is 2.41. The number of hydrogen-bond donors (Lipinski definition) is 1. The Morgan fingerprint density at radius 1 is 1.02 bits per heavy atom. The van der Waals surface area contributed by atoms with Gasteiger partial charge in [-0.05, 0) is 63.1 Å². The fourth-order valence-electron chi connectivity index (χ4n) is 7.65. The molecular weight excluding hydrogens is 546 g/mol. The van der Waals surface area contributed by atoms with Crippen molar-refractivity contribution in [1.82, 2.24) is 25.2 Å². The lowest BCUT2D eigenvalue weighted by Crippen LogP contribution is -2.51. The lowest BCUT2D eigenvalue weighted by molar-refractivity contribution is 0.108. The number of rotatable bonds is 5. The van der Waals surface area contributed by atoms with Crippen LogP contribution in [-0.4, -0.2) is 70.3 Å². The summed E-state index contributed by atoms with van der Waals surface area (Å²) in [4.78, 5) is 18.8. The summed E-state index contributed by atoms with van der Waals surface area (Å²) in [5.74, 6) is -0.507. The number of aromatic nitrogens is 3. The van der Waals surface area contributed by atoms with Crippen molar-refractivity contribution in [2.45, 2.75) is 56.1 Å². The number of fused-ring (bicyclic) bond motifs is 5. The van der Waals surface area contributed by atoms with Crippen molar-refractivity contribution in [2.24, 2.45) is 0 Å². The second kappa shape index (κ2) is 9.71. The fourth-order valence-corrected chi connectivity index (χ4v) is 7.93. The van der Waals surface area contributed by atoms with E-state index in [2.05, 4.69) is 25.1 Å². The molecule has 6 heterocycles. The van der Waals surface area contributed by atoms with Crippen LogP contribution in [0.4, 0.5) is 14.6 Å². The average Bonchev–Trinajstić information content (AvgIpc) is 3.67. The number of anilines is 1. The number of pyridine rings is 1. The molecule has 0 spiro atoms. The maximum atomic E-state index is 16.6. The van der Waals surface area contributed by atoms with E-state index in [1.807, 2.05) is 6.07 Å². The molecule has 0 saturated carbocycles. The number of halogens is 3. The van der Waals surface area contributed by atoms with E-state index in [0.29, 0.717) is 46.2 Å². The van der Waals surface area contributed by atoms with Crippen LogP contribution in [-0.2, 0) is 0 Å². The number of hydrogen-bond acceptors (Lipinski definition) is 7. The van der Waals surface area contributed by atoms with Crippen LogP contribution in [0.2, 0.25) is 5.02 Å². The van der Waals surface area contributed by atoms with Gasteiger partial charge in [-0.15, -0.1) is 0 Å². The third-order valence-corrected chi connectivity index (χ3v) is 10.0. The Bertz CT molecular complexity index is 1660. The maximum Gasteiger partial charge on any atom is 0.319 e. The topological polar surface area (TPSA) is 66.4 Å². The third-order valence-electron chi connectivity index (χ3n) is 9.63. The van der Waals surface area contributed by atoms with Crippen molar-refractivity contribution in [2.75, 3.05) is 37.7 Å². The Balaban J connectivity index is 1.26. The monoisotopic (exact) mass is 576 g/mol. The summed E-state index contributed by atoms with van der Waals surface area (Å²) >= 11 is 6.40. The average molecular weight is 577 g/mol. The number of piperazine rings is 1. The van der Waals surface area contributed by atoms with E-state index >= 15 is 4.39 Å². The maximum absolute atomic E-state index is 16.6. The van der Waals surface area contributed by atoms with E-state index in [-0.39, 0.29) is 27.8 Å². The van der Waals surface area contributed by atoms with Crippen LogP contribution in [0, 0.1) is 11.6 Å². The van der Waals surface area contributed by atoms with Crippen LogP contribution in [0.25, 0.3) is 32.9 Å². The van der Waals surface area contributed by atoms with Crippen LogP contribution in [0.5, 0.6) is 6.01 Å². The quantitative estimate of drug-likeness (QED) is 0.326. The summed E-state index contributed by atoms with van der Waals surface area (Å²) < 4.78 is 37.4. The fraction of sp³-hybridized carbons (Fsp3) is 0.452. The van der Waals surface area contributed by atoms with Crippen molar-refractivity contribution in [1.29, 1.82) is 0 Å². The first kappa shape index (κ1) is 25.6. The molecule has 2 aromatic carbocycles. The number of nitrogens with zero attached hydrogens (tertiary/aromatic N) is 5. The molecule has 2 aromatic heterocycles. The first-order chi connectivity index (χ1) is 20.0. The van der Waals surface area contributed by atoms with Gasteiger partial charge in [0, 0.05) is 42.3 Å². The molecule has 0 unspecified atom stereocenters. The molecule has 7 nitrogen and oxygen atoms in total. The Morgan fingerprint density at radius 2 is 1.80 bits per heavy atom. The standard InChI is InChI=1S/C31H31ClF2N6O/c32-25-23(33)9-6-18-4-1-5-21(24(18)25)27-26(34)28-22(14-35-27)29(39-15-19-7-8-20(16-39)36-19)38-30(37-28)41-17-31-10-2-12-40(31)13-3-11-31/h1,4-6,9,14,19-20,36H,2-3,7-8,10-13,15-17H2/t19-,20+. The van der Waals surface area contributed by atoms with Gasteiger partial charge in [0.25, 0.3) is 0 Å². The molecule has 1 N–H and O–H groups in total. The normalized spacial score (nSPS) is 23.5. The number of nitrogens with one attached hydrogen (secondary N) is 1. The molecule has 10 heteroatoms. The third kappa shape index (κ3) is 4.15. The highest BCUT2D eigenvalue weighted by Gasteiger charge is 2.45. The minimum absolute atomic E-state index is 0.0123. The van der Waals surface area contributed by atoms with E-state index in [1.165, 1.54) is 6.07 Å². The summed E-state index contributed by atoms with van der Waals surface area (Å²) in [7, 11) is 0. The van der Waals surface area contributed by atoms with Crippen LogP contribution in [0.15, 0.2) is 36.5 Å². The van der Waals surface area contributed by atoms with Gasteiger partial charge in [-0.1, -0.05) is 35.9 Å². The Labute approximate surface area is 241 Å². The first-order valence-electron chi connectivity index (χ1n) is 14.6. The molecule has 0 aliphatic carbocycles. The van der Waals surface area contributed by atoms with E-state index in [0.717, 1.165) is 64.7 Å². The summed E-state index contributed by atoms with van der Waals surface area (Å²) in [5.41, 5.74) is 0.652. The molecule has 0 radical (unpaired) electrons. The van der Waals surface area contributed by atoms with Crippen molar-refractivity contribution in [3.8, 4) is 17.3 Å². The van der Waals surface area contributed by atoms with Gasteiger partial charge in [0.1, 0.15) is 29.5 Å². The predicted molar refractivity (Wildman–Crippen MR) is 156 cm³/mol. The predicted octanol–water partition coefficient (Wildman–Crippen LogP) is 5.72. The molecule has 8 rings (SSSR count). The van der Waals surface area contributed by atoms with Crippen molar-refractivity contribution < 1.29 is 13.5 Å². The van der Waals surface area contributed by atoms with Gasteiger partial charge in [0.05, 0.1) is 15.9 Å². The molecule has 4 fully saturated rings. The zero-order valence-corrected chi connectivity index (χ0v) is 23.4. The van der Waals surface area contributed by atoms with Gasteiger partial charge in [0.15, 0.2) is 5.82 Å². The van der Waals surface area contributed by atoms with E-state index in [1.54, 1.807) is 24.4 Å². The molecule has 2 bridgehead atoms. The second-order valence-corrected chi connectivity index (χ2v) is 12.4. The molecule has 4 aromatic rings. The van der Waals surface area contributed by atoms with Crippen molar-refractivity contribution >= 4 is 39.1 Å². The van der Waals surface area contributed by atoms with Crippen molar-refractivity contribution in [3.63, 3.8) is 0 Å². The van der Waals surface area contributed by atoms with Crippen LogP contribution in [0.1, 0.15) is 38.5 Å². The van der Waals surface area contributed by atoms with Crippen LogP contribution < -0.4 is 15.0 Å². The molecule has 2 atom stereocenters. The minimum atomic E-state index is -0.594. The summed E-state index contributed by atoms with van der Waals surface area (Å²) in [6.45, 7) is 4.23. The molecule has 4 saturated heterocycles. The summed E-state index contributed by atoms with van der Waals surface area (Å²) in [5, 5.41) is 5.27. The summed E-state index contributed by atoms with van der Waals surface area (Å²) in [6.07, 6.45) is 8.37. The Hall–Kier alpha value is -3.14. The molecule has 212 valence electrons. The van der Waals surface area contributed by atoms with Gasteiger partial charge in [-0.3, -0.25) is 9.88 Å². The molecule has 0 amide bonds. The van der Waals surface area contributed by atoms with Gasteiger partial charge < -0.3 is 15.0 Å². The minimum Gasteiger partial charge on any atom is -0.461 e. The molecular formula is C31H31ClF2N6O. The van der Waals surface area contributed by atoms with Gasteiger partial charge in [-0.25, -0.2) is 8.78 Å². The zero-order chi connectivity index (χ0) is 27.7. The molecule has 41 heavy (non-hydrogen) atoms. The number of ether oxygens (including phenoxy) is 1.